The summed E-state index contributed by atoms with van der Waals surface area (Å²) in [6.07, 6.45) is 1.35. The summed E-state index contributed by atoms with van der Waals surface area (Å²) < 4.78 is 13.2. The molecule has 6 nitrogen and oxygen atoms in total. The fourth-order valence-electron chi connectivity index (χ4n) is 2.20. The number of aromatic nitrogens is 2. The molecule has 0 saturated heterocycles. The van der Waals surface area contributed by atoms with Gasteiger partial charge in [0.25, 0.3) is 5.69 Å². The quantitative estimate of drug-likeness (QED) is 0.568. The van der Waals surface area contributed by atoms with Crippen molar-refractivity contribution in [2.75, 3.05) is 5.32 Å². The van der Waals surface area contributed by atoms with E-state index in [4.69, 9.17) is 11.6 Å². The van der Waals surface area contributed by atoms with Crippen molar-refractivity contribution in [1.29, 1.82) is 0 Å². The number of benzene rings is 2. The van der Waals surface area contributed by atoms with Crippen LogP contribution in [0, 0.1) is 22.9 Å². The summed E-state index contributed by atoms with van der Waals surface area (Å²) in [4.78, 5) is 18.9. The van der Waals surface area contributed by atoms with Crippen LogP contribution in [-0.4, -0.2) is 14.9 Å². The second-order valence-electron chi connectivity index (χ2n) is 4.89. The van der Waals surface area contributed by atoms with Crippen molar-refractivity contribution in [2.24, 2.45) is 0 Å². The van der Waals surface area contributed by atoms with E-state index in [0.717, 1.165) is 0 Å². The van der Waals surface area contributed by atoms with E-state index in [1.165, 1.54) is 30.6 Å². The van der Waals surface area contributed by atoms with Crippen LogP contribution in [0.1, 0.15) is 5.56 Å². The van der Waals surface area contributed by atoms with Gasteiger partial charge in [-0.3, -0.25) is 10.1 Å². The zero-order valence-electron chi connectivity index (χ0n) is 11.9. The lowest BCUT2D eigenvalue weighted by atomic mass is 10.1. The highest BCUT2D eigenvalue weighted by Gasteiger charge is 2.15. The molecule has 8 heteroatoms. The minimum atomic E-state index is -0.531. The molecule has 1 heterocycles. The summed E-state index contributed by atoms with van der Waals surface area (Å²) in [6.45, 7) is 1.65. The van der Waals surface area contributed by atoms with Gasteiger partial charge >= 0.3 is 0 Å². The van der Waals surface area contributed by atoms with Gasteiger partial charge in [-0.25, -0.2) is 14.4 Å². The first kappa shape index (κ1) is 15.1. The third-order valence-corrected chi connectivity index (χ3v) is 3.62. The Hall–Kier alpha value is -2.80. The molecule has 0 aliphatic rings. The van der Waals surface area contributed by atoms with Gasteiger partial charge in [-0.15, -0.1) is 0 Å². The van der Waals surface area contributed by atoms with Crippen LogP contribution in [0.15, 0.2) is 36.7 Å². The molecule has 0 unspecified atom stereocenters. The zero-order chi connectivity index (χ0) is 16.6. The van der Waals surface area contributed by atoms with Crippen LogP contribution in [0.2, 0.25) is 5.02 Å². The molecule has 0 spiro atoms. The number of hydrogen-bond donors (Lipinski definition) is 1. The van der Waals surface area contributed by atoms with Crippen LogP contribution in [-0.2, 0) is 0 Å². The Labute approximate surface area is 135 Å². The van der Waals surface area contributed by atoms with E-state index in [1.54, 1.807) is 13.0 Å². The van der Waals surface area contributed by atoms with Gasteiger partial charge in [0.15, 0.2) is 0 Å². The fourth-order valence-corrected chi connectivity index (χ4v) is 2.38. The molecular formula is C15H10ClFN4O2. The molecule has 116 valence electrons. The molecule has 23 heavy (non-hydrogen) atoms. The van der Waals surface area contributed by atoms with Crippen molar-refractivity contribution in [3.8, 4) is 0 Å². The molecular weight excluding hydrogens is 323 g/mol. The predicted octanol–water partition coefficient (Wildman–Crippen LogP) is 4.38. The highest BCUT2D eigenvalue weighted by Crippen LogP contribution is 2.30. The molecule has 2 aromatic carbocycles. The van der Waals surface area contributed by atoms with Crippen LogP contribution < -0.4 is 5.32 Å². The maximum Gasteiger partial charge on any atom is 0.273 e. The maximum absolute atomic E-state index is 13.2. The van der Waals surface area contributed by atoms with Crippen LogP contribution >= 0.6 is 11.6 Å². The minimum Gasteiger partial charge on any atom is -0.340 e. The molecule has 0 aliphatic heterocycles. The minimum absolute atomic E-state index is 0.0208. The summed E-state index contributed by atoms with van der Waals surface area (Å²) in [5.74, 6) is -0.156. The van der Waals surface area contributed by atoms with E-state index in [1.807, 2.05) is 0 Å². The van der Waals surface area contributed by atoms with Gasteiger partial charge in [0, 0.05) is 22.7 Å². The number of hydrogen-bond acceptors (Lipinski definition) is 5. The van der Waals surface area contributed by atoms with Gasteiger partial charge in [0.1, 0.15) is 18.0 Å². The Kier molecular flexibility index (Phi) is 3.79. The standard InChI is InChI=1S/C15H10ClFN4O2/c1-8-4-13-10(6-14(8)21(22)23)15(19-7-18-13)20-9-2-3-12(17)11(16)5-9/h2-7H,1H3,(H,18,19,20). The molecule has 0 saturated carbocycles. The zero-order valence-corrected chi connectivity index (χ0v) is 12.6. The Morgan fingerprint density at radius 2 is 2.04 bits per heavy atom. The highest BCUT2D eigenvalue weighted by molar-refractivity contribution is 6.31. The SMILES string of the molecule is Cc1cc2ncnc(Nc3ccc(F)c(Cl)c3)c2cc1[N+](=O)[O-]. The summed E-state index contributed by atoms with van der Waals surface area (Å²) in [7, 11) is 0. The molecule has 1 aromatic heterocycles. The van der Waals surface area contributed by atoms with Crippen molar-refractivity contribution in [3.63, 3.8) is 0 Å². The first-order valence-electron chi connectivity index (χ1n) is 6.57. The van der Waals surface area contributed by atoms with Crippen LogP contribution in [0.3, 0.4) is 0 Å². The third-order valence-electron chi connectivity index (χ3n) is 3.33. The number of halogens is 2. The largest absolute Gasteiger partial charge is 0.340 e. The van der Waals surface area contributed by atoms with E-state index in [2.05, 4.69) is 15.3 Å². The lowest BCUT2D eigenvalue weighted by Gasteiger charge is -2.09. The van der Waals surface area contributed by atoms with Crippen LogP contribution in [0.4, 0.5) is 21.6 Å². The number of aryl methyl sites for hydroxylation is 1. The second kappa shape index (κ2) is 5.77. The van der Waals surface area contributed by atoms with Crippen molar-refractivity contribution < 1.29 is 9.31 Å². The van der Waals surface area contributed by atoms with Gasteiger partial charge in [-0.1, -0.05) is 11.6 Å². The van der Waals surface area contributed by atoms with Gasteiger partial charge in [0.2, 0.25) is 0 Å². The Morgan fingerprint density at radius 3 is 2.74 bits per heavy atom. The van der Waals surface area contributed by atoms with Crippen LogP contribution in [0.5, 0.6) is 0 Å². The van der Waals surface area contributed by atoms with E-state index in [0.29, 0.717) is 28.0 Å². The smallest absolute Gasteiger partial charge is 0.273 e. The van der Waals surface area contributed by atoms with Crippen molar-refractivity contribution >= 4 is 39.7 Å². The number of anilines is 2. The number of rotatable bonds is 3. The van der Waals surface area contributed by atoms with E-state index in [9.17, 15) is 14.5 Å². The van der Waals surface area contributed by atoms with Crippen molar-refractivity contribution in [2.45, 2.75) is 6.92 Å². The Bertz CT molecular complexity index is 933. The first-order valence-corrected chi connectivity index (χ1v) is 6.95. The molecule has 0 bridgehead atoms. The molecule has 0 amide bonds. The number of nitro benzene ring substituents is 1. The molecule has 0 radical (unpaired) electrons. The average molecular weight is 333 g/mol. The van der Waals surface area contributed by atoms with Gasteiger partial charge in [0.05, 0.1) is 15.5 Å². The fraction of sp³-hybridized carbons (Fsp3) is 0.0667. The lowest BCUT2D eigenvalue weighted by Crippen LogP contribution is -1.98. The summed E-state index contributed by atoms with van der Waals surface area (Å²) in [5.41, 5.74) is 1.57. The Morgan fingerprint density at radius 1 is 1.26 bits per heavy atom. The highest BCUT2D eigenvalue weighted by atomic mass is 35.5. The summed E-state index contributed by atoms with van der Waals surface area (Å²) in [5, 5.41) is 14.5. The first-order chi connectivity index (χ1) is 11.0. The molecule has 3 rings (SSSR count). The normalized spacial score (nSPS) is 10.7. The van der Waals surface area contributed by atoms with Crippen molar-refractivity contribution in [1.82, 2.24) is 9.97 Å². The lowest BCUT2D eigenvalue weighted by molar-refractivity contribution is -0.385. The van der Waals surface area contributed by atoms with E-state index < -0.39 is 10.7 Å². The maximum atomic E-state index is 13.2. The molecule has 0 aliphatic carbocycles. The molecule has 0 fully saturated rings. The van der Waals surface area contributed by atoms with Gasteiger partial charge in [-0.05, 0) is 31.2 Å². The van der Waals surface area contributed by atoms with E-state index >= 15 is 0 Å². The number of nitro groups is 1. The predicted molar refractivity (Wildman–Crippen MR) is 85.6 cm³/mol. The number of fused-ring (bicyclic) bond motifs is 1. The molecule has 3 aromatic rings. The summed E-state index contributed by atoms with van der Waals surface area (Å²) in [6, 6.07) is 7.17. The average Bonchev–Trinajstić information content (AvgIpc) is 2.50. The molecule has 0 atom stereocenters. The van der Waals surface area contributed by atoms with E-state index in [-0.39, 0.29) is 10.7 Å². The molecule has 1 N–H and O–H groups in total. The number of nitrogens with one attached hydrogen (secondary N) is 1. The third kappa shape index (κ3) is 2.91. The van der Waals surface area contributed by atoms with Gasteiger partial charge < -0.3 is 5.32 Å². The van der Waals surface area contributed by atoms with Gasteiger partial charge in [-0.2, -0.15) is 0 Å². The second-order valence-corrected chi connectivity index (χ2v) is 5.30. The monoisotopic (exact) mass is 332 g/mol. The van der Waals surface area contributed by atoms with Crippen LogP contribution in [0.25, 0.3) is 10.9 Å². The topological polar surface area (TPSA) is 81.0 Å². The summed E-state index contributed by atoms with van der Waals surface area (Å²) >= 11 is 5.75. The van der Waals surface area contributed by atoms with Crippen molar-refractivity contribution in [3.05, 3.63) is 63.2 Å². The number of nitrogens with zero attached hydrogens (tertiary/aromatic N) is 3. The Balaban J connectivity index is 2.11.